The van der Waals surface area contributed by atoms with Gasteiger partial charge in [0.05, 0.1) is 11.2 Å². The molecule has 11 heteroatoms. The number of rotatable bonds is 7. The number of carbonyl (C=O) groups is 3. The van der Waals surface area contributed by atoms with E-state index < -0.39 is 11.4 Å². The number of aliphatic imine (C=N–C) groups is 1. The summed E-state index contributed by atoms with van der Waals surface area (Å²) in [7, 11) is 1.68. The summed E-state index contributed by atoms with van der Waals surface area (Å²) in [4.78, 5) is 44.5. The lowest BCUT2D eigenvalue weighted by Gasteiger charge is -2.38. The summed E-state index contributed by atoms with van der Waals surface area (Å²) in [6, 6.07) is 7.33. The van der Waals surface area contributed by atoms with Crippen molar-refractivity contribution >= 4 is 24.1 Å². The van der Waals surface area contributed by atoms with Crippen molar-refractivity contribution < 1.29 is 23.9 Å². The molecule has 1 aromatic carbocycles. The fourth-order valence-corrected chi connectivity index (χ4v) is 5.04. The van der Waals surface area contributed by atoms with Crippen LogP contribution in [0.2, 0.25) is 0 Å². The molecule has 0 spiro atoms. The Morgan fingerprint density at radius 3 is 2.51 bits per heavy atom. The Labute approximate surface area is 214 Å². The highest BCUT2D eigenvalue weighted by Crippen LogP contribution is 2.39. The predicted octanol–water partition coefficient (Wildman–Crippen LogP) is 2.50. The van der Waals surface area contributed by atoms with Crippen LogP contribution in [0.5, 0.6) is 0 Å². The van der Waals surface area contributed by atoms with E-state index in [-0.39, 0.29) is 41.5 Å². The number of nitrogens with one attached hydrogen (secondary N) is 2. The number of aliphatic hydroxyl groups excluding tert-OH is 1. The summed E-state index contributed by atoms with van der Waals surface area (Å²) in [6.45, 7) is 3.61. The van der Waals surface area contributed by atoms with Crippen molar-refractivity contribution in [2.45, 2.75) is 51.6 Å². The molecule has 2 saturated heterocycles. The van der Waals surface area contributed by atoms with Crippen molar-refractivity contribution in [3.8, 4) is 0 Å². The molecule has 0 radical (unpaired) electrons. The molecule has 2 bridgehead atoms. The third kappa shape index (κ3) is 5.55. The maximum atomic E-state index is 13.3. The molecule has 3 amide bonds. The highest BCUT2D eigenvalue weighted by atomic mass is 19.1. The Hall–Kier alpha value is -4.02. The van der Waals surface area contributed by atoms with E-state index in [0.717, 1.165) is 12.8 Å². The highest BCUT2D eigenvalue weighted by Gasteiger charge is 2.48. The average Bonchev–Trinajstić information content (AvgIpc) is 3.06. The zero-order valence-electron chi connectivity index (χ0n) is 21.1. The van der Waals surface area contributed by atoms with Crippen molar-refractivity contribution in [2.24, 2.45) is 18.0 Å². The molecule has 2 aliphatic heterocycles. The van der Waals surface area contributed by atoms with Crippen molar-refractivity contribution in [1.82, 2.24) is 25.3 Å². The van der Waals surface area contributed by atoms with Crippen LogP contribution in [-0.4, -0.2) is 55.9 Å². The molecule has 1 aliphatic carbocycles. The van der Waals surface area contributed by atoms with E-state index in [4.69, 9.17) is 0 Å². The van der Waals surface area contributed by atoms with Gasteiger partial charge >= 0.3 is 0 Å². The molecular formula is C26H31FN6O4. The Kier molecular flexibility index (Phi) is 7.42. The molecule has 3 fully saturated rings. The number of aromatic nitrogens is 2. The second-order valence-corrected chi connectivity index (χ2v) is 9.71. The van der Waals surface area contributed by atoms with E-state index in [2.05, 4.69) is 20.7 Å². The number of aliphatic hydroxyl groups is 1. The summed E-state index contributed by atoms with van der Waals surface area (Å²) >= 11 is 0. The number of nitrogens with zero attached hydrogens (tertiary/aromatic N) is 4. The molecule has 1 aromatic heterocycles. The molecule has 37 heavy (non-hydrogen) atoms. The van der Waals surface area contributed by atoms with Crippen LogP contribution in [0, 0.1) is 18.7 Å². The van der Waals surface area contributed by atoms with Gasteiger partial charge in [-0.3, -0.25) is 19.1 Å². The van der Waals surface area contributed by atoms with Crippen molar-refractivity contribution in [3.63, 3.8) is 0 Å². The van der Waals surface area contributed by atoms with Crippen LogP contribution in [-0.2, 0) is 23.2 Å². The van der Waals surface area contributed by atoms with Crippen LogP contribution < -0.4 is 10.6 Å². The molecule has 196 valence electrons. The van der Waals surface area contributed by atoms with E-state index in [1.165, 1.54) is 28.6 Å². The lowest BCUT2D eigenvalue weighted by molar-refractivity contribution is -0.118. The molecule has 0 atom stereocenters. The first-order chi connectivity index (χ1) is 17.6. The Bertz CT molecular complexity index is 1250. The summed E-state index contributed by atoms with van der Waals surface area (Å²) in [5.74, 6) is -1.30. The van der Waals surface area contributed by atoms with Gasteiger partial charge in [0.25, 0.3) is 11.8 Å². The van der Waals surface area contributed by atoms with Gasteiger partial charge in [-0.05, 0) is 69.2 Å². The third-order valence-electron chi connectivity index (χ3n) is 6.97. The molecule has 10 nitrogen and oxygen atoms in total. The van der Waals surface area contributed by atoms with Crippen LogP contribution in [0.25, 0.3) is 0 Å². The predicted molar refractivity (Wildman–Crippen MR) is 134 cm³/mol. The van der Waals surface area contributed by atoms with Crippen LogP contribution in [0.3, 0.4) is 0 Å². The fourth-order valence-electron chi connectivity index (χ4n) is 5.04. The summed E-state index contributed by atoms with van der Waals surface area (Å²) in [5, 5.41) is 20.4. The van der Waals surface area contributed by atoms with E-state index >= 15 is 0 Å². The molecule has 1 saturated carbocycles. The number of hydrogen-bond acceptors (Lipinski definition) is 6. The van der Waals surface area contributed by atoms with Gasteiger partial charge in [-0.25, -0.2) is 9.38 Å². The SMILES string of the molecule is C/C(O)=C(\N=C1N(C=O)CC2CCC1(NC(=O)c1cc(C)nn1C)CC2)C(=O)NCc1ccc(F)cc1. The lowest BCUT2D eigenvalue weighted by atomic mass is 9.77. The first kappa shape index (κ1) is 26.1. The summed E-state index contributed by atoms with van der Waals surface area (Å²) < 4.78 is 14.7. The maximum absolute atomic E-state index is 13.3. The number of hydrogen-bond donors (Lipinski definition) is 3. The normalized spacial score (nSPS) is 22.9. The van der Waals surface area contributed by atoms with Gasteiger partial charge in [0, 0.05) is 20.1 Å². The summed E-state index contributed by atoms with van der Waals surface area (Å²) in [5.41, 5.74) is 0.439. The quantitative estimate of drug-likeness (QED) is 0.300. The standard InChI is InChI=1S/C26H31FN6O4/c1-16-12-21(32(3)31-16)23(36)30-26-10-8-19(9-11-26)14-33(15-34)25(26)29-22(17(2)35)24(37)28-13-18-4-6-20(27)7-5-18/h4-7,12,15,19,35H,8-11,13-14H2,1-3H3,(H,28,37)(H,30,36)/b22-17+,29-25?. The number of carbonyl (C=O) groups excluding carboxylic acids is 3. The van der Waals surface area contributed by atoms with Crippen molar-refractivity contribution in [2.75, 3.05) is 6.54 Å². The van der Waals surface area contributed by atoms with Crippen LogP contribution in [0.1, 0.15) is 54.4 Å². The van der Waals surface area contributed by atoms with Gasteiger partial charge in [0.2, 0.25) is 6.41 Å². The zero-order valence-corrected chi connectivity index (χ0v) is 21.1. The second-order valence-electron chi connectivity index (χ2n) is 9.71. The number of allylic oxidation sites excluding steroid dienone is 1. The number of halogens is 1. The largest absolute Gasteiger partial charge is 0.510 e. The van der Waals surface area contributed by atoms with Crippen molar-refractivity contribution in [1.29, 1.82) is 0 Å². The number of benzene rings is 1. The summed E-state index contributed by atoms with van der Waals surface area (Å²) in [6.07, 6.45) is 3.24. The lowest BCUT2D eigenvalue weighted by Crippen LogP contribution is -2.59. The van der Waals surface area contributed by atoms with Crippen molar-refractivity contribution in [3.05, 3.63) is 64.6 Å². The van der Waals surface area contributed by atoms with E-state index in [9.17, 15) is 23.9 Å². The second kappa shape index (κ2) is 10.5. The van der Waals surface area contributed by atoms with Gasteiger partial charge in [0.15, 0.2) is 5.70 Å². The van der Waals surface area contributed by atoms with E-state index in [1.807, 2.05) is 0 Å². The molecule has 3 aliphatic rings. The first-order valence-electron chi connectivity index (χ1n) is 12.2. The molecule has 0 unspecified atom stereocenters. The van der Waals surface area contributed by atoms with Crippen LogP contribution in [0.4, 0.5) is 4.39 Å². The van der Waals surface area contributed by atoms with Gasteiger partial charge in [-0.2, -0.15) is 5.10 Å². The Balaban J connectivity index is 1.67. The van der Waals surface area contributed by atoms with Gasteiger partial charge in [-0.1, -0.05) is 12.1 Å². The zero-order chi connectivity index (χ0) is 26.7. The fraction of sp³-hybridized carbons (Fsp3) is 0.423. The average molecular weight is 511 g/mol. The monoisotopic (exact) mass is 510 g/mol. The Morgan fingerprint density at radius 2 is 1.95 bits per heavy atom. The van der Waals surface area contributed by atoms with Gasteiger partial charge in [-0.15, -0.1) is 0 Å². The number of amidine groups is 1. The topological polar surface area (TPSA) is 129 Å². The number of aryl methyl sites for hydroxylation is 2. The minimum Gasteiger partial charge on any atom is -0.510 e. The first-order valence-corrected chi connectivity index (χ1v) is 12.2. The minimum absolute atomic E-state index is 0.0853. The highest BCUT2D eigenvalue weighted by molar-refractivity contribution is 6.06. The van der Waals surface area contributed by atoms with E-state index in [1.54, 1.807) is 32.2 Å². The van der Waals surface area contributed by atoms with Gasteiger partial charge in [0.1, 0.15) is 23.1 Å². The molecule has 5 rings (SSSR count). The van der Waals surface area contributed by atoms with Gasteiger partial charge < -0.3 is 20.6 Å². The molecule has 3 N–H and O–H groups in total. The smallest absolute Gasteiger partial charge is 0.273 e. The Morgan fingerprint density at radius 1 is 1.27 bits per heavy atom. The maximum Gasteiger partial charge on any atom is 0.273 e. The number of amides is 3. The van der Waals surface area contributed by atoms with E-state index in [0.29, 0.717) is 42.7 Å². The van der Waals surface area contributed by atoms with Crippen LogP contribution in [0.15, 0.2) is 46.8 Å². The molecule has 2 aromatic rings. The minimum atomic E-state index is -1.01. The molecule has 3 heterocycles. The third-order valence-corrected chi connectivity index (χ3v) is 6.97. The molecular weight excluding hydrogens is 479 g/mol. The van der Waals surface area contributed by atoms with Crippen LogP contribution >= 0.6 is 0 Å². The number of fused-ring (bicyclic) bond motifs is 4.